The van der Waals surface area contributed by atoms with Crippen LogP contribution in [0.25, 0.3) is 0 Å². The van der Waals surface area contributed by atoms with E-state index in [9.17, 15) is 4.79 Å². The summed E-state index contributed by atoms with van der Waals surface area (Å²) in [5, 5.41) is 2.81. The summed E-state index contributed by atoms with van der Waals surface area (Å²) in [4.78, 5) is 18.1. The Bertz CT molecular complexity index is 507. The number of fused-ring (bicyclic) bond motifs is 2. The van der Waals surface area contributed by atoms with E-state index < -0.39 is 0 Å². The van der Waals surface area contributed by atoms with Gasteiger partial charge in [0.05, 0.1) is 5.69 Å². The van der Waals surface area contributed by atoms with Gasteiger partial charge in [-0.2, -0.15) is 0 Å². The molecule has 1 amide bonds. The third-order valence-corrected chi connectivity index (χ3v) is 3.23. The molecule has 2 heterocycles. The topological polar surface area (TPSA) is 44.7 Å². The molecule has 2 aliphatic heterocycles. The van der Waals surface area contributed by atoms with Crippen molar-refractivity contribution in [2.45, 2.75) is 26.4 Å². The second-order valence-corrected chi connectivity index (χ2v) is 4.31. The van der Waals surface area contributed by atoms with Crippen molar-refractivity contribution in [1.29, 1.82) is 0 Å². The van der Waals surface area contributed by atoms with Crippen molar-refractivity contribution in [3.63, 3.8) is 0 Å². The second-order valence-electron chi connectivity index (χ2n) is 4.31. The second kappa shape index (κ2) is 3.07. The minimum Gasteiger partial charge on any atom is -0.326 e. The highest BCUT2D eigenvalue weighted by Crippen LogP contribution is 2.31. The van der Waals surface area contributed by atoms with Gasteiger partial charge in [0.1, 0.15) is 6.04 Å². The molecule has 0 bridgehead atoms. The zero-order valence-electron chi connectivity index (χ0n) is 9.32. The molecule has 1 aromatic rings. The molecule has 0 unspecified atom stereocenters. The molecule has 0 aliphatic carbocycles. The molecule has 0 saturated carbocycles. The molecule has 4 heteroatoms. The van der Waals surface area contributed by atoms with Crippen LogP contribution in [0, 0.1) is 6.92 Å². The largest absolute Gasteiger partial charge is 0.326 e. The first kappa shape index (κ1) is 9.39. The van der Waals surface area contributed by atoms with Crippen molar-refractivity contribution in [3.8, 4) is 0 Å². The quantitative estimate of drug-likeness (QED) is 0.709. The van der Waals surface area contributed by atoms with Crippen molar-refractivity contribution in [1.82, 2.24) is 10.2 Å². The first-order chi connectivity index (χ1) is 7.66. The number of aryl methyl sites for hydroxylation is 1. The van der Waals surface area contributed by atoms with Crippen molar-refractivity contribution < 1.29 is 4.79 Å². The summed E-state index contributed by atoms with van der Waals surface area (Å²) >= 11 is 0. The van der Waals surface area contributed by atoms with Gasteiger partial charge in [-0.1, -0.05) is 18.2 Å². The smallest absolute Gasteiger partial charge is 0.249 e. The Labute approximate surface area is 94.0 Å². The first-order valence-corrected chi connectivity index (χ1v) is 5.41. The van der Waals surface area contributed by atoms with Crippen molar-refractivity contribution in [3.05, 3.63) is 29.3 Å². The molecule has 2 aliphatic rings. The lowest BCUT2D eigenvalue weighted by Gasteiger charge is -2.26. The Kier molecular flexibility index (Phi) is 1.80. The van der Waals surface area contributed by atoms with Gasteiger partial charge in [-0.25, -0.2) is 4.99 Å². The molecular weight excluding hydrogens is 202 g/mol. The molecule has 0 aromatic heterocycles. The summed E-state index contributed by atoms with van der Waals surface area (Å²) in [5.74, 6) is 0.725. The number of amides is 1. The van der Waals surface area contributed by atoms with Crippen LogP contribution < -0.4 is 5.32 Å². The van der Waals surface area contributed by atoms with E-state index in [1.807, 2.05) is 30.9 Å². The SMILES string of the molecule is Cc1cccc2c1N=C1NC(=O)[C@@H](C)N1C2. The highest BCUT2D eigenvalue weighted by molar-refractivity contribution is 6.07. The van der Waals surface area contributed by atoms with Gasteiger partial charge in [-0.05, 0) is 25.0 Å². The van der Waals surface area contributed by atoms with Crippen LogP contribution in [0.1, 0.15) is 18.1 Å². The molecule has 4 nitrogen and oxygen atoms in total. The van der Waals surface area contributed by atoms with Gasteiger partial charge in [0, 0.05) is 6.54 Å². The number of carbonyl (C=O) groups is 1. The zero-order chi connectivity index (χ0) is 11.3. The number of nitrogens with zero attached hydrogens (tertiary/aromatic N) is 2. The standard InChI is InChI=1S/C12H13N3O/c1-7-4-3-5-9-6-15-8(2)11(16)14-12(15)13-10(7)9/h3-5,8H,6H2,1-2H3,(H,13,14,16)/t8-/m1/s1. The van der Waals surface area contributed by atoms with Crippen LogP contribution in [0.15, 0.2) is 23.2 Å². The molecule has 1 atom stereocenters. The molecule has 1 saturated heterocycles. The van der Waals surface area contributed by atoms with Crippen LogP contribution in [0.3, 0.4) is 0 Å². The number of aliphatic imine (C=N–C) groups is 1. The number of guanidine groups is 1. The predicted molar refractivity (Wildman–Crippen MR) is 61.4 cm³/mol. The van der Waals surface area contributed by atoms with Crippen LogP contribution in [0.4, 0.5) is 5.69 Å². The van der Waals surface area contributed by atoms with E-state index in [0.29, 0.717) is 5.96 Å². The minimum atomic E-state index is -0.118. The summed E-state index contributed by atoms with van der Waals surface area (Å²) in [7, 11) is 0. The fraction of sp³-hybridized carbons (Fsp3) is 0.333. The zero-order valence-corrected chi connectivity index (χ0v) is 9.32. The lowest BCUT2D eigenvalue weighted by atomic mass is 10.1. The van der Waals surface area contributed by atoms with Gasteiger partial charge in [0.15, 0.2) is 0 Å². The van der Waals surface area contributed by atoms with E-state index in [1.54, 1.807) is 0 Å². The van der Waals surface area contributed by atoms with E-state index in [2.05, 4.69) is 16.4 Å². The average molecular weight is 215 g/mol. The maximum atomic E-state index is 11.5. The molecule has 3 rings (SSSR count). The molecule has 0 spiro atoms. The maximum Gasteiger partial charge on any atom is 0.249 e. The summed E-state index contributed by atoms with van der Waals surface area (Å²) in [6, 6.07) is 6.02. The number of benzene rings is 1. The van der Waals surface area contributed by atoms with Gasteiger partial charge in [-0.3, -0.25) is 10.1 Å². The Morgan fingerprint density at radius 2 is 2.31 bits per heavy atom. The van der Waals surface area contributed by atoms with Crippen LogP contribution in [0.5, 0.6) is 0 Å². The molecule has 1 fully saturated rings. The van der Waals surface area contributed by atoms with Crippen LogP contribution in [0.2, 0.25) is 0 Å². The van der Waals surface area contributed by atoms with Gasteiger partial charge in [0.2, 0.25) is 11.9 Å². The Morgan fingerprint density at radius 1 is 1.50 bits per heavy atom. The lowest BCUT2D eigenvalue weighted by Crippen LogP contribution is -2.35. The highest BCUT2D eigenvalue weighted by Gasteiger charge is 2.35. The molecule has 1 N–H and O–H groups in total. The van der Waals surface area contributed by atoms with Gasteiger partial charge in [-0.15, -0.1) is 0 Å². The Balaban J connectivity index is 2.11. The number of nitrogens with one attached hydrogen (secondary N) is 1. The predicted octanol–water partition coefficient (Wildman–Crippen LogP) is 1.32. The summed E-state index contributed by atoms with van der Waals surface area (Å²) in [6.07, 6.45) is 0. The fourth-order valence-electron chi connectivity index (χ4n) is 2.21. The Hall–Kier alpha value is -1.84. The highest BCUT2D eigenvalue weighted by atomic mass is 16.2. The van der Waals surface area contributed by atoms with E-state index in [1.165, 1.54) is 5.56 Å². The number of hydrogen-bond donors (Lipinski definition) is 1. The number of para-hydroxylation sites is 1. The third-order valence-electron chi connectivity index (χ3n) is 3.23. The third kappa shape index (κ3) is 1.16. The van der Waals surface area contributed by atoms with Crippen molar-refractivity contribution in [2.75, 3.05) is 0 Å². The molecule has 1 aromatic carbocycles. The summed E-state index contributed by atoms with van der Waals surface area (Å²) in [5.41, 5.74) is 3.34. The minimum absolute atomic E-state index is 0.0317. The summed E-state index contributed by atoms with van der Waals surface area (Å²) in [6.45, 7) is 4.70. The van der Waals surface area contributed by atoms with Gasteiger partial charge >= 0.3 is 0 Å². The van der Waals surface area contributed by atoms with Crippen molar-refractivity contribution in [2.24, 2.45) is 4.99 Å². The van der Waals surface area contributed by atoms with Crippen LogP contribution >= 0.6 is 0 Å². The normalized spacial score (nSPS) is 22.4. The number of rotatable bonds is 0. The van der Waals surface area contributed by atoms with Crippen LogP contribution in [-0.2, 0) is 11.3 Å². The Morgan fingerprint density at radius 3 is 3.12 bits per heavy atom. The fourth-order valence-corrected chi connectivity index (χ4v) is 2.21. The van der Waals surface area contributed by atoms with Crippen LogP contribution in [-0.4, -0.2) is 22.8 Å². The number of carbonyl (C=O) groups excluding carboxylic acids is 1. The maximum absolute atomic E-state index is 11.5. The molecule has 16 heavy (non-hydrogen) atoms. The molecule has 0 radical (unpaired) electrons. The van der Waals surface area contributed by atoms with Crippen molar-refractivity contribution >= 4 is 17.6 Å². The molecular formula is C12H13N3O. The van der Waals surface area contributed by atoms with E-state index in [4.69, 9.17) is 0 Å². The van der Waals surface area contributed by atoms with E-state index in [0.717, 1.165) is 17.8 Å². The lowest BCUT2D eigenvalue weighted by molar-refractivity contribution is -0.121. The van der Waals surface area contributed by atoms with E-state index in [-0.39, 0.29) is 11.9 Å². The molecule has 82 valence electrons. The summed E-state index contributed by atoms with van der Waals surface area (Å²) < 4.78 is 0. The monoisotopic (exact) mass is 215 g/mol. The van der Waals surface area contributed by atoms with E-state index >= 15 is 0 Å². The number of hydrogen-bond acceptors (Lipinski definition) is 3. The first-order valence-electron chi connectivity index (χ1n) is 5.41. The average Bonchev–Trinajstić information content (AvgIpc) is 2.54. The van der Waals surface area contributed by atoms with Gasteiger partial charge < -0.3 is 4.90 Å². The van der Waals surface area contributed by atoms with Gasteiger partial charge in [0.25, 0.3) is 0 Å².